The molecule has 1 aromatic heterocycles. The molecule has 0 bridgehead atoms. The maximum Gasteiger partial charge on any atom is 0.412 e. The molecular formula is C43H54N5O10P. The fourth-order valence-corrected chi connectivity index (χ4v) is 8.64. The Morgan fingerprint density at radius 3 is 2.07 bits per heavy atom. The lowest BCUT2D eigenvalue weighted by Gasteiger charge is -2.39. The van der Waals surface area contributed by atoms with Gasteiger partial charge in [0.25, 0.3) is 8.53 Å². The van der Waals surface area contributed by atoms with E-state index >= 15 is 0 Å². The third-order valence-corrected chi connectivity index (χ3v) is 11.8. The molecule has 0 aliphatic carbocycles. The van der Waals surface area contributed by atoms with Gasteiger partial charge in [0.05, 0.1) is 52.6 Å². The predicted octanol–water partition coefficient (Wildman–Crippen LogP) is 7.41. The van der Waals surface area contributed by atoms with Crippen LogP contribution in [0.4, 0.5) is 10.6 Å². The lowest BCUT2D eigenvalue weighted by atomic mass is 9.80. The van der Waals surface area contributed by atoms with Gasteiger partial charge in [-0.15, -0.1) is 0 Å². The van der Waals surface area contributed by atoms with Crippen LogP contribution in [0.2, 0.25) is 0 Å². The second-order valence-electron chi connectivity index (χ2n) is 14.1. The maximum absolute atomic E-state index is 13.6. The average molecular weight is 832 g/mol. The molecule has 1 amide bonds. The highest BCUT2D eigenvalue weighted by Gasteiger charge is 2.45. The number of hydrogen-bond donors (Lipinski definition) is 1. The van der Waals surface area contributed by atoms with E-state index in [1.54, 1.807) is 14.2 Å². The number of carbonyl (C=O) groups is 1. The van der Waals surface area contributed by atoms with Crippen LogP contribution in [-0.2, 0) is 33.6 Å². The van der Waals surface area contributed by atoms with E-state index in [0.717, 1.165) is 16.7 Å². The van der Waals surface area contributed by atoms with Crippen LogP contribution in [-0.4, -0.2) is 92.4 Å². The van der Waals surface area contributed by atoms with Crippen LogP contribution in [0.5, 0.6) is 11.5 Å². The van der Waals surface area contributed by atoms with Crippen molar-refractivity contribution < 1.29 is 42.3 Å². The number of amides is 1. The van der Waals surface area contributed by atoms with E-state index in [1.165, 1.54) is 23.9 Å². The lowest BCUT2D eigenvalue weighted by Crippen LogP contribution is -2.39. The normalized spacial score (nSPS) is 17.2. The van der Waals surface area contributed by atoms with Crippen molar-refractivity contribution in [2.45, 2.75) is 76.7 Å². The van der Waals surface area contributed by atoms with E-state index in [2.05, 4.69) is 48.7 Å². The Labute approximate surface area is 347 Å². The molecule has 59 heavy (non-hydrogen) atoms. The minimum Gasteiger partial charge on any atom is -0.497 e. The molecule has 5 rings (SSSR count). The number of carbonyl (C=O) groups excluding carboxylic acids is 1. The smallest absolute Gasteiger partial charge is 0.412 e. The van der Waals surface area contributed by atoms with Crippen molar-refractivity contribution in [3.05, 3.63) is 118 Å². The summed E-state index contributed by atoms with van der Waals surface area (Å²) in [5, 5.41) is 11.8. The molecule has 4 atom stereocenters. The summed E-state index contributed by atoms with van der Waals surface area (Å²) in [7, 11) is 3.03. The van der Waals surface area contributed by atoms with Crippen molar-refractivity contribution in [3.63, 3.8) is 0 Å². The molecule has 1 saturated heterocycles. The summed E-state index contributed by atoms with van der Waals surface area (Å²) in [6.45, 7) is 8.69. The number of anilines is 1. The Balaban J connectivity index is 1.55. The van der Waals surface area contributed by atoms with Crippen LogP contribution in [0.3, 0.4) is 0 Å². The van der Waals surface area contributed by atoms with Crippen molar-refractivity contribution in [1.29, 1.82) is 5.26 Å². The van der Waals surface area contributed by atoms with Crippen molar-refractivity contribution in [1.82, 2.24) is 14.2 Å². The van der Waals surface area contributed by atoms with E-state index < -0.39 is 44.3 Å². The van der Waals surface area contributed by atoms with E-state index in [-0.39, 0.29) is 57.2 Å². The first-order chi connectivity index (χ1) is 28.5. The summed E-state index contributed by atoms with van der Waals surface area (Å²) in [5.74, 6) is 1.40. The molecule has 1 unspecified atom stereocenters. The van der Waals surface area contributed by atoms with Gasteiger partial charge in [0.1, 0.15) is 41.9 Å². The van der Waals surface area contributed by atoms with E-state index in [0.29, 0.717) is 11.5 Å². The SMILES string of the molecule is COCCOC(=O)Nc1ccn([C@H]2C[C@H](OP(OCCC#N)N(C(C)C)C(C)C)[C@@H](COC(c3ccccc3)(c3ccc(OC)cc3)c3ccc(OC)cc3)O2)c(=O)n1. The van der Waals surface area contributed by atoms with Gasteiger partial charge in [-0.25, -0.2) is 14.3 Å². The van der Waals surface area contributed by atoms with Crippen LogP contribution in [0.25, 0.3) is 0 Å². The van der Waals surface area contributed by atoms with Crippen LogP contribution >= 0.6 is 8.53 Å². The molecule has 16 heteroatoms. The van der Waals surface area contributed by atoms with E-state index in [9.17, 15) is 14.9 Å². The number of rotatable bonds is 21. The number of aromatic nitrogens is 2. The molecule has 0 saturated carbocycles. The van der Waals surface area contributed by atoms with Crippen LogP contribution < -0.4 is 20.5 Å². The predicted molar refractivity (Wildman–Crippen MR) is 222 cm³/mol. The van der Waals surface area contributed by atoms with Gasteiger partial charge in [-0.2, -0.15) is 10.2 Å². The quantitative estimate of drug-likeness (QED) is 0.0502. The topological polar surface area (TPSA) is 165 Å². The molecule has 4 aromatic rings. The Kier molecular flexibility index (Phi) is 16.8. The molecule has 0 spiro atoms. The molecule has 1 N–H and O–H groups in total. The van der Waals surface area contributed by atoms with Crippen LogP contribution in [0.15, 0.2) is 95.9 Å². The standard InChI is InChI=1S/C43H54N5O10P/c1-30(2)48(31(3)4)59(56-25-11-23-44)58-37-28-40(47-24-22-39(45-41(47)49)46-42(50)54-27-26-51-5)57-38(37)29-55-43(32-12-9-8-10-13-32,33-14-18-35(52-6)19-15-33)34-16-20-36(53-7)21-17-34/h8-10,12-22,24,30-31,37-38,40H,11,25-29H2,1-7H3,(H,45,46,49,50)/t37-,38+,40+,59?/m0/s1. The molecule has 316 valence electrons. The van der Waals surface area contributed by atoms with E-state index in [1.807, 2.05) is 78.9 Å². The molecule has 3 aromatic carbocycles. The number of nitrogens with zero attached hydrogens (tertiary/aromatic N) is 4. The lowest BCUT2D eigenvalue weighted by molar-refractivity contribution is -0.0925. The van der Waals surface area contributed by atoms with Crippen LogP contribution in [0, 0.1) is 11.3 Å². The van der Waals surface area contributed by atoms with Gasteiger partial charge in [0.15, 0.2) is 0 Å². The average Bonchev–Trinajstić information content (AvgIpc) is 3.63. The van der Waals surface area contributed by atoms with Gasteiger partial charge in [0.2, 0.25) is 0 Å². The Morgan fingerprint density at radius 1 is 0.915 bits per heavy atom. The number of ether oxygens (including phenoxy) is 6. The molecule has 1 aliphatic heterocycles. The highest BCUT2D eigenvalue weighted by Crippen LogP contribution is 2.50. The van der Waals surface area contributed by atoms with Gasteiger partial charge in [0, 0.05) is 31.8 Å². The zero-order chi connectivity index (χ0) is 42.4. The Bertz CT molecular complexity index is 1960. The minimum absolute atomic E-state index is 0.00792. The monoisotopic (exact) mass is 831 g/mol. The van der Waals surface area contributed by atoms with Gasteiger partial charge in [-0.3, -0.25) is 9.88 Å². The molecular weight excluding hydrogens is 777 g/mol. The summed E-state index contributed by atoms with van der Waals surface area (Å²) < 4.78 is 51.7. The molecule has 1 aliphatic rings. The largest absolute Gasteiger partial charge is 0.497 e. The highest BCUT2D eigenvalue weighted by atomic mass is 31.2. The molecule has 15 nitrogen and oxygen atoms in total. The summed E-state index contributed by atoms with van der Waals surface area (Å²) in [6.07, 6.45) is -1.04. The first-order valence-corrected chi connectivity index (χ1v) is 20.6. The maximum atomic E-state index is 13.6. The number of hydrogen-bond acceptors (Lipinski definition) is 13. The van der Waals surface area contributed by atoms with Gasteiger partial charge in [-0.1, -0.05) is 54.6 Å². The van der Waals surface area contributed by atoms with Crippen molar-refractivity contribution in [2.75, 3.05) is 53.1 Å². The third kappa shape index (κ3) is 11.4. The van der Waals surface area contributed by atoms with Crippen LogP contribution in [0.1, 0.15) is 63.5 Å². The summed E-state index contributed by atoms with van der Waals surface area (Å²) in [6, 6.07) is 29.1. The number of benzene rings is 3. The highest BCUT2D eigenvalue weighted by molar-refractivity contribution is 7.44. The summed E-state index contributed by atoms with van der Waals surface area (Å²) in [4.78, 5) is 29.9. The fourth-order valence-electron chi connectivity index (χ4n) is 6.88. The molecule has 1 fully saturated rings. The zero-order valence-electron chi connectivity index (χ0n) is 34.6. The van der Waals surface area contributed by atoms with Gasteiger partial charge >= 0.3 is 11.8 Å². The minimum atomic E-state index is -1.71. The number of nitriles is 1. The zero-order valence-corrected chi connectivity index (χ0v) is 35.5. The summed E-state index contributed by atoms with van der Waals surface area (Å²) >= 11 is 0. The van der Waals surface area contributed by atoms with Crippen molar-refractivity contribution in [3.8, 4) is 17.6 Å². The van der Waals surface area contributed by atoms with Crippen molar-refractivity contribution >= 4 is 20.4 Å². The number of nitrogens with one attached hydrogen (secondary N) is 1. The first-order valence-electron chi connectivity index (χ1n) is 19.5. The van der Waals surface area contributed by atoms with Gasteiger partial charge in [-0.05, 0) is 74.7 Å². The molecule has 0 radical (unpaired) electrons. The van der Waals surface area contributed by atoms with Crippen molar-refractivity contribution in [2.24, 2.45) is 0 Å². The second-order valence-corrected chi connectivity index (χ2v) is 15.5. The Hall–Kier alpha value is -4.91. The Morgan fingerprint density at radius 2 is 1.53 bits per heavy atom. The second kappa shape index (κ2) is 21.9. The third-order valence-electron chi connectivity index (χ3n) is 9.60. The molecule has 2 heterocycles. The fraction of sp³-hybridized carbons (Fsp3) is 0.442. The first kappa shape index (κ1) is 45.2. The number of methoxy groups -OCH3 is 3. The van der Waals surface area contributed by atoms with Gasteiger partial charge < -0.3 is 37.5 Å². The summed E-state index contributed by atoms with van der Waals surface area (Å²) in [5.41, 5.74) is 0.710. The van der Waals surface area contributed by atoms with E-state index in [4.69, 9.17) is 37.5 Å².